The number of amides is 1. The van der Waals surface area contributed by atoms with Gasteiger partial charge in [-0.25, -0.2) is 4.39 Å². The first-order valence-electron chi connectivity index (χ1n) is 5.31. The van der Waals surface area contributed by atoms with Gasteiger partial charge in [0.15, 0.2) is 0 Å². The number of hydrogen-bond donors (Lipinski definition) is 1. The lowest BCUT2D eigenvalue weighted by Gasteiger charge is -2.24. The minimum Gasteiger partial charge on any atom is -0.338 e. The molecule has 1 unspecified atom stereocenters. The van der Waals surface area contributed by atoms with Crippen LogP contribution in [0.1, 0.15) is 22.8 Å². The van der Waals surface area contributed by atoms with Gasteiger partial charge in [-0.15, -0.1) is 0 Å². The molecule has 0 radical (unpaired) electrons. The average Bonchev–Trinajstić information content (AvgIpc) is 2.31. The molecule has 5 heteroatoms. The molecule has 0 spiro atoms. The van der Waals surface area contributed by atoms with Crippen LogP contribution in [0.15, 0.2) is 12.1 Å². The molecule has 1 atom stereocenters. The van der Waals surface area contributed by atoms with Gasteiger partial charge >= 0.3 is 0 Å². The van der Waals surface area contributed by atoms with Crippen molar-refractivity contribution in [2.45, 2.75) is 19.9 Å². The summed E-state index contributed by atoms with van der Waals surface area (Å²) >= 11 is 5.94. The molecule has 0 aromatic heterocycles. The van der Waals surface area contributed by atoms with Crippen molar-refractivity contribution >= 4 is 17.5 Å². The van der Waals surface area contributed by atoms with E-state index >= 15 is 0 Å². The summed E-state index contributed by atoms with van der Waals surface area (Å²) < 4.78 is 13.4. The molecule has 1 rings (SSSR count). The number of benzene rings is 1. The number of carbonyl (C=O) groups excluding carboxylic acids is 1. The van der Waals surface area contributed by atoms with Gasteiger partial charge in [-0.2, -0.15) is 0 Å². The quantitative estimate of drug-likeness (QED) is 0.904. The smallest absolute Gasteiger partial charge is 0.255 e. The predicted octanol–water partition coefficient (Wildman–Crippen LogP) is 2.21. The molecule has 94 valence electrons. The molecule has 1 amide bonds. The average molecular weight is 259 g/mol. The van der Waals surface area contributed by atoms with E-state index in [0.29, 0.717) is 12.1 Å². The van der Waals surface area contributed by atoms with E-state index in [1.165, 1.54) is 17.0 Å². The monoisotopic (exact) mass is 258 g/mol. The van der Waals surface area contributed by atoms with E-state index in [0.717, 1.165) is 0 Å². The van der Waals surface area contributed by atoms with Crippen LogP contribution in [-0.2, 0) is 0 Å². The third kappa shape index (κ3) is 2.96. The summed E-state index contributed by atoms with van der Waals surface area (Å²) in [5.74, 6) is -0.765. The number of halogens is 2. The van der Waals surface area contributed by atoms with Crippen molar-refractivity contribution < 1.29 is 9.18 Å². The van der Waals surface area contributed by atoms with Crippen molar-refractivity contribution in [1.82, 2.24) is 4.90 Å². The van der Waals surface area contributed by atoms with Crippen molar-refractivity contribution in [3.05, 3.63) is 34.1 Å². The molecule has 0 heterocycles. The summed E-state index contributed by atoms with van der Waals surface area (Å²) in [6.45, 7) is 3.76. The Morgan fingerprint density at radius 3 is 2.71 bits per heavy atom. The Morgan fingerprint density at radius 2 is 2.18 bits per heavy atom. The van der Waals surface area contributed by atoms with Gasteiger partial charge in [0.05, 0.1) is 10.6 Å². The van der Waals surface area contributed by atoms with Gasteiger partial charge in [-0.3, -0.25) is 4.79 Å². The molecule has 1 aromatic carbocycles. The Hall–Kier alpha value is -1.13. The Morgan fingerprint density at radius 1 is 1.59 bits per heavy atom. The second-order valence-corrected chi connectivity index (χ2v) is 4.49. The van der Waals surface area contributed by atoms with Crippen molar-refractivity contribution in [1.29, 1.82) is 0 Å². The lowest BCUT2D eigenvalue weighted by Crippen LogP contribution is -2.39. The van der Waals surface area contributed by atoms with Crippen LogP contribution in [0.2, 0.25) is 5.02 Å². The number of aryl methyl sites for hydroxylation is 1. The molecule has 17 heavy (non-hydrogen) atoms. The third-order valence-corrected chi connectivity index (χ3v) is 3.11. The van der Waals surface area contributed by atoms with Crippen LogP contribution in [0.4, 0.5) is 4.39 Å². The first-order valence-corrected chi connectivity index (χ1v) is 5.69. The standard InChI is InChI=1S/C12H16ClFN2O/c1-7-4-10(13)9(5-11(7)14)12(17)16(3)8(2)6-15/h4-5,8H,6,15H2,1-3H3. The Kier molecular flexibility index (Phi) is 4.48. The first-order chi connectivity index (χ1) is 7.88. The zero-order valence-corrected chi connectivity index (χ0v) is 10.9. The normalized spacial score (nSPS) is 12.4. The van der Waals surface area contributed by atoms with Crippen molar-refractivity contribution in [2.75, 3.05) is 13.6 Å². The van der Waals surface area contributed by atoms with Crippen LogP contribution >= 0.6 is 11.6 Å². The zero-order valence-electron chi connectivity index (χ0n) is 10.1. The highest BCUT2D eigenvalue weighted by Crippen LogP contribution is 2.22. The van der Waals surface area contributed by atoms with Crippen molar-refractivity contribution in [3.8, 4) is 0 Å². The fraction of sp³-hybridized carbons (Fsp3) is 0.417. The molecular weight excluding hydrogens is 243 g/mol. The van der Waals surface area contributed by atoms with Crippen LogP contribution in [0.3, 0.4) is 0 Å². The first kappa shape index (κ1) is 13.9. The van der Waals surface area contributed by atoms with Crippen molar-refractivity contribution in [3.63, 3.8) is 0 Å². The van der Waals surface area contributed by atoms with Gasteiger partial charge in [0.1, 0.15) is 5.82 Å². The topological polar surface area (TPSA) is 46.3 Å². The van der Waals surface area contributed by atoms with Crippen LogP contribution in [-0.4, -0.2) is 30.4 Å². The summed E-state index contributed by atoms with van der Waals surface area (Å²) in [5, 5.41) is 0.255. The van der Waals surface area contributed by atoms with Crippen LogP contribution < -0.4 is 5.73 Å². The molecule has 0 saturated carbocycles. The highest BCUT2D eigenvalue weighted by Gasteiger charge is 2.20. The van der Waals surface area contributed by atoms with Gasteiger partial charge in [0.2, 0.25) is 0 Å². The number of likely N-dealkylation sites (N-methyl/N-ethyl adjacent to an activating group) is 1. The largest absolute Gasteiger partial charge is 0.338 e. The highest BCUT2D eigenvalue weighted by molar-refractivity contribution is 6.33. The molecule has 0 fully saturated rings. The Balaban J connectivity index is 3.08. The Labute approximate surface area is 105 Å². The van der Waals surface area contributed by atoms with E-state index in [-0.39, 0.29) is 22.5 Å². The molecular formula is C12H16ClFN2O. The van der Waals surface area contributed by atoms with Gasteiger partial charge in [-0.05, 0) is 31.5 Å². The van der Waals surface area contributed by atoms with E-state index < -0.39 is 5.82 Å². The molecule has 1 aromatic rings. The van der Waals surface area contributed by atoms with Gasteiger partial charge in [0, 0.05) is 19.6 Å². The molecule has 0 aliphatic heterocycles. The molecule has 3 nitrogen and oxygen atoms in total. The lowest BCUT2D eigenvalue weighted by molar-refractivity contribution is 0.0748. The predicted molar refractivity (Wildman–Crippen MR) is 66.8 cm³/mol. The van der Waals surface area contributed by atoms with Crippen molar-refractivity contribution in [2.24, 2.45) is 5.73 Å². The maximum atomic E-state index is 13.4. The Bertz CT molecular complexity index is 437. The summed E-state index contributed by atoms with van der Waals surface area (Å²) in [6, 6.07) is 2.49. The fourth-order valence-electron chi connectivity index (χ4n) is 1.36. The maximum absolute atomic E-state index is 13.4. The molecule has 0 aliphatic carbocycles. The number of carbonyl (C=O) groups is 1. The number of hydrogen-bond acceptors (Lipinski definition) is 2. The third-order valence-electron chi connectivity index (χ3n) is 2.80. The van der Waals surface area contributed by atoms with E-state index in [1.807, 2.05) is 6.92 Å². The summed E-state index contributed by atoms with van der Waals surface area (Å²) in [7, 11) is 1.62. The summed E-state index contributed by atoms with van der Waals surface area (Å²) in [5.41, 5.74) is 6.06. The van der Waals surface area contributed by atoms with Gasteiger partial charge < -0.3 is 10.6 Å². The lowest BCUT2D eigenvalue weighted by atomic mass is 10.1. The van der Waals surface area contributed by atoms with Crippen LogP contribution in [0.25, 0.3) is 0 Å². The SMILES string of the molecule is Cc1cc(Cl)c(C(=O)N(C)C(C)CN)cc1F. The van der Waals surface area contributed by atoms with E-state index in [9.17, 15) is 9.18 Å². The fourth-order valence-corrected chi connectivity index (χ4v) is 1.66. The van der Waals surface area contributed by atoms with E-state index in [2.05, 4.69) is 0 Å². The van der Waals surface area contributed by atoms with E-state index in [1.54, 1.807) is 14.0 Å². The van der Waals surface area contributed by atoms with Gasteiger partial charge in [0.25, 0.3) is 5.91 Å². The molecule has 0 aliphatic rings. The number of nitrogens with zero attached hydrogens (tertiary/aromatic N) is 1. The minimum atomic E-state index is -0.438. The second kappa shape index (κ2) is 5.47. The molecule has 0 saturated heterocycles. The summed E-state index contributed by atoms with van der Waals surface area (Å²) in [6.07, 6.45) is 0. The molecule has 2 N–H and O–H groups in total. The van der Waals surface area contributed by atoms with Crippen LogP contribution in [0, 0.1) is 12.7 Å². The maximum Gasteiger partial charge on any atom is 0.255 e. The zero-order chi connectivity index (χ0) is 13.2. The van der Waals surface area contributed by atoms with Gasteiger partial charge in [-0.1, -0.05) is 11.6 Å². The second-order valence-electron chi connectivity index (χ2n) is 4.08. The number of rotatable bonds is 3. The molecule has 0 bridgehead atoms. The van der Waals surface area contributed by atoms with E-state index in [4.69, 9.17) is 17.3 Å². The highest BCUT2D eigenvalue weighted by atomic mass is 35.5. The minimum absolute atomic E-state index is 0.122. The van der Waals surface area contributed by atoms with Crippen LogP contribution in [0.5, 0.6) is 0 Å². The number of nitrogens with two attached hydrogens (primary N) is 1. The summed E-state index contributed by atoms with van der Waals surface area (Å²) in [4.78, 5) is 13.5.